The second-order valence-corrected chi connectivity index (χ2v) is 5.48. The smallest absolute Gasteiger partial charge is 0.382 e. The zero-order valence-electron chi connectivity index (χ0n) is 12.3. The topological polar surface area (TPSA) is 57.5 Å². The number of rotatable bonds is 8. The molecule has 0 aliphatic carbocycles. The summed E-state index contributed by atoms with van der Waals surface area (Å²) in [6.45, 7) is 2.74. The lowest BCUT2D eigenvalue weighted by Gasteiger charge is -2.36. The number of alkyl halides is 6. The second kappa shape index (κ2) is 7.16. The van der Waals surface area contributed by atoms with Crippen LogP contribution in [-0.4, -0.2) is 39.6 Å². The van der Waals surface area contributed by atoms with Gasteiger partial charge in [0, 0.05) is 0 Å². The Morgan fingerprint density at radius 2 is 1.05 bits per heavy atom. The molecule has 0 radical (unpaired) electrons. The van der Waals surface area contributed by atoms with Crippen LogP contribution in [-0.2, 0) is 4.79 Å². The minimum absolute atomic E-state index is 0.0630. The molecule has 0 aliphatic heterocycles. The molecule has 0 spiro atoms. The van der Waals surface area contributed by atoms with Gasteiger partial charge in [-0.15, -0.1) is 0 Å². The Morgan fingerprint density at radius 1 is 0.773 bits per heavy atom. The van der Waals surface area contributed by atoms with Gasteiger partial charge < -0.3 is 10.2 Å². The third-order valence-electron chi connectivity index (χ3n) is 3.16. The fraction of sp³-hybridized carbons (Fsp3) is 0.923. The molecule has 0 fully saturated rings. The number of Topliss-reactive ketones (excluding diaryl/α,β-unsaturated/α-hetero) is 1. The largest absolute Gasteiger partial charge is 0.392 e. The lowest BCUT2D eigenvalue weighted by Crippen LogP contribution is -2.56. The Kier molecular flexibility index (Phi) is 6.89. The van der Waals surface area contributed by atoms with E-state index in [4.69, 9.17) is 0 Å². The highest BCUT2D eigenvalue weighted by Gasteiger charge is 2.55. The number of hydrogen-bond acceptors (Lipinski definition) is 3. The monoisotopic (exact) mass is 338 g/mol. The van der Waals surface area contributed by atoms with Gasteiger partial charge in [-0.1, -0.05) is 26.7 Å². The highest BCUT2D eigenvalue weighted by atomic mass is 19.4. The van der Waals surface area contributed by atoms with E-state index in [9.17, 15) is 41.4 Å². The van der Waals surface area contributed by atoms with Crippen molar-refractivity contribution in [1.82, 2.24) is 0 Å². The molecular weight excluding hydrogens is 318 g/mol. The molecule has 2 N–H and O–H groups in total. The molecule has 0 rings (SSSR count). The van der Waals surface area contributed by atoms with E-state index in [0.717, 1.165) is 0 Å². The van der Waals surface area contributed by atoms with Crippen molar-refractivity contribution >= 4 is 5.78 Å². The Morgan fingerprint density at radius 3 is 1.23 bits per heavy atom. The Bertz CT molecular complexity index is 345. The van der Waals surface area contributed by atoms with Crippen LogP contribution < -0.4 is 0 Å². The SMILES string of the molecule is CCCC(O)(CC(F)(F)F)C(=O)C(O)(CCC)CC(F)(F)F. The van der Waals surface area contributed by atoms with Crippen LogP contribution in [0.3, 0.4) is 0 Å². The number of ketones is 1. The van der Waals surface area contributed by atoms with E-state index in [0.29, 0.717) is 0 Å². The Balaban J connectivity index is 5.63. The molecular formula is C13H20F6O3. The van der Waals surface area contributed by atoms with Gasteiger partial charge in [0.15, 0.2) is 5.78 Å². The number of hydrogen-bond donors (Lipinski definition) is 2. The van der Waals surface area contributed by atoms with Crippen LogP contribution in [0, 0.1) is 0 Å². The molecule has 0 heterocycles. The minimum atomic E-state index is -4.95. The highest BCUT2D eigenvalue weighted by molar-refractivity contribution is 5.94. The number of halogens is 6. The molecule has 0 saturated heterocycles. The summed E-state index contributed by atoms with van der Waals surface area (Å²) in [6.07, 6.45) is -15.4. The van der Waals surface area contributed by atoms with Gasteiger partial charge in [-0.3, -0.25) is 4.79 Å². The van der Waals surface area contributed by atoms with Crippen LogP contribution in [0.1, 0.15) is 52.4 Å². The van der Waals surface area contributed by atoms with Crippen molar-refractivity contribution in [2.75, 3.05) is 0 Å². The first-order valence-corrected chi connectivity index (χ1v) is 6.82. The third kappa shape index (κ3) is 6.51. The van der Waals surface area contributed by atoms with Crippen molar-refractivity contribution in [3.63, 3.8) is 0 Å². The molecule has 0 aromatic carbocycles. The fourth-order valence-electron chi connectivity index (χ4n) is 2.49. The van der Waals surface area contributed by atoms with Crippen molar-refractivity contribution < 1.29 is 41.4 Å². The van der Waals surface area contributed by atoms with Crippen molar-refractivity contribution in [2.24, 2.45) is 0 Å². The molecule has 0 bridgehead atoms. The average molecular weight is 338 g/mol. The lowest BCUT2D eigenvalue weighted by atomic mass is 9.76. The summed E-state index contributed by atoms with van der Waals surface area (Å²) in [5, 5.41) is 20.0. The molecule has 2 unspecified atom stereocenters. The first kappa shape index (κ1) is 21.2. The normalized spacial score (nSPS) is 18.6. The van der Waals surface area contributed by atoms with Crippen LogP contribution >= 0.6 is 0 Å². The maximum Gasteiger partial charge on any atom is 0.392 e. The van der Waals surface area contributed by atoms with Gasteiger partial charge >= 0.3 is 12.4 Å². The molecule has 0 aliphatic rings. The van der Waals surface area contributed by atoms with Gasteiger partial charge in [-0.2, -0.15) is 26.3 Å². The van der Waals surface area contributed by atoms with Crippen molar-refractivity contribution in [3.8, 4) is 0 Å². The zero-order valence-corrected chi connectivity index (χ0v) is 12.3. The molecule has 22 heavy (non-hydrogen) atoms. The average Bonchev–Trinajstić information content (AvgIpc) is 2.23. The highest BCUT2D eigenvalue weighted by Crippen LogP contribution is 2.39. The lowest BCUT2D eigenvalue weighted by molar-refractivity contribution is -0.208. The summed E-state index contributed by atoms with van der Waals surface area (Å²) in [5.41, 5.74) is -6.13. The van der Waals surface area contributed by atoms with Gasteiger partial charge in [0.1, 0.15) is 11.2 Å². The summed E-state index contributed by atoms with van der Waals surface area (Å²) in [7, 11) is 0. The summed E-state index contributed by atoms with van der Waals surface area (Å²) < 4.78 is 75.2. The van der Waals surface area contributed by atoms with Crippen molar-refractivity contribution in [2.45, 2.75) is 75.9 Å². The molecule has 132 valence electrons. The summed E-state index contributed by atoms with van der Waals surface area (Å²) in [6, 6.07) is 0. The fourth-order valence-corrected chi connectivity index (χ4v) is 2.49. The van der Waals surface area contributed by atoms with Crippen LogP contribution in [0.15, 0.2) is 0 Å². The predicted octanol–water partition coefficient (Wildman–Crippen LogP) is 3.52. The van der Waals surface area contributed by atoms with Crippen LogP contribution in [0.5, 0.6) is 0 Å². The molecule has 3 nitrogen and oxygen atoms in total. The number of aliphatic hydroxyl groups is 2. The maximum atomic E-state index is 12.5. The van der Waals surface area contributed by atoms with Crippen molar-refractivity contribution in [1.29, 1.82) is 0 Å². The molecule has 0 amide bonds. The summed E-state index contributed by atoms with van der Waals surface area (Å²) in [5.74, 6) is -1.82. The Hall–Kier alpha value is -0.830. The summed E-state index contributed by atoms with van der Waals surface area (Å²) >= 11 is 0. The predicted molar refractivity (Wildman–Crippen MR) is 66.1 cm³/mol. The molecule has 0 aromatic rings. The first-order chi connectivity index (χ1) is 9.69. The minimum Gasteiger partial charge on any atom is -0.382 e. The maximum absolute atomic E-state index is 12.5. The van der Waals surface area contributed by atoms with Gasteiger partial charge in [0.2, 0.25) is 0 Å². The number of carbonyl (C=O) groups is 1. The van der Waals surface area contributed by atoms with E-state index in [2.05, 4.69) is 0 Å². The van der Waals surface area contributed by atoms with Crippen LogP contribution in [0.4, 0.5) is 26.3 Å². The molecule has 0 saturated carbocycles. The summed E-state index contributed by atoms with van der Waals surface area (Å²) in [4.78, 5) is 12.1. The van der Waals surface area contributed by atoms with E-state index in [1.54, 1.807) is 0 Å². The quantitative estimate of drug-likeness (QED) is 0.666. The van der Waals surface area contributed by atoms with Gasteiger partial charge in [-0.05, 0) is 12.8 Å². The van der Waals surface area contributed by atoms with Crippen LogP contribution in [0.25, 0.3) is 0 Å². The van der Waals surface area contributed by atoms with E-state index in [1.165, 1.54) is 13.8 Å². The van der Waals surface area contributed by atoms with E-state index >= 15 is 0 Å². The first-order valence-electron chi connectivity index (χ1n) is 6.82. The van der Waals surface area contributed by atoms with Crippen LogP contribution in [0.2, 0.25) is 0 Å². The van der Waals surface area contributed by atoms with E-state index < -0.39 is 55.0 Å². The Labute approximate surface area is 124 Å². The van der Waals surface area contributed by atoms with E-state index in [1.807, 2.05) is 0 Å². The van der Waals surface area contributed by atoms with Crippen molar-refractivity contribution in [3.05, 3.63) is 0 Å². The van der Waals surface area contributed by atoms with Gasteiger partial charge in [0.05, 0.1) is 12.8 Å². The standard InChI is InChI=1S/C13H20F6O3/c1-3-5-10(21,7-12(14,15)16)9(20)11(22,6-4-2)8-13(17,18)19/h21-22H,3-8H2,1-2H3. The molecule has 2 atom stereocenters. The van der Waals surface area contributed by atoms with Gasteiger partial charge in [-0.25, -0.2) is 0 Å². The van der Waals surface area contributed by atoms with Gasteiger partial charge in [0.25, 0.3) is 0 Å². The molecule has 0 aromatic heterocycles. The second-order valence-electron chi connectivity index (χ2n) is 5.48. The third-order valence-corrected chi connectivity index (χ3v) is 3.16. The zero-order chi connectivity index (χ0) is 17.8. The number of carbonyl (C=O) groups excluding carboxylic acids is 1. The molecule has 9 heteroatoms. The van der Waals surface area contributed by atoms with E-state index in [-0.39, 0.29) is 12.8 Å².